The Morgan fingerprint density at radius 3 is 0.816 bits per heavy atom. The zero-order valence-electron chi connectivity index (χ0n) is 56.8. The van der Waals surface area contributed by atoms with Gasteiger partial charge >= 0.3 is 0 Å². The van der Waals surface area contributed by atoms with Crippen molar-refractivity contribution < 1.29 is 0 Å². The van der Waals surface area contributed by atoms with Crippen LogP contribution in [0.1, 0.15) is 77.9 Å². The first-order valence-electron chi connectivity index (χ1n) is 36.1. The number of fused-ring (bicyclic) bond motifs is 9. The van der Waals surface area contributed by atoms with Gasteiger partial charge in [-0.25, -0.2) is 0 Å². The summed E-state index contributed by atoms with van der Waals surface area (Å²) in [4.78, 5) is 12.5. The molecular weight excluding hydrogens is 1300 g/mol. The fourth-order valence-electron chi connectivity index (χ4n) is 17.2. The lowest BCUT2D eigenvalue weighted by Crippen LogP contribution is -2.28. The third kappa shape index (κ3) is 10.6. The van der Waals surface area contributed by atoms with E-state index in [4.69, 9.17) is 0 Å². The molecule has 5 aliphatic carbocycles. The van der Waals surface area contributed by atoms with Crippen molar-refractivity contribution in [1.29, 1.82) is 0 Å². The summed E-state index contributed by atoms with van der Waals surface area (Å²) in [5.74, 6) is 0. The van der Waals surface area contributed by atoms with Gasteiger partial charge in [0.2, 0.25) is 0 Å². The Balaban J connectivity index is 0.651. The summed E-state index contributed by atoms with van der Waals surface area (Å²) in [6, 6.07) is 133. The first-order chi connectivity index (χ1) is 51.0. The molecule has 0 radical (unpaired) electrons. The van der Waals surface area contributed by atoms with Crippen LogP contribution in [0.25, 0.3) is 33.4 Å². The van der Waals surface area contributed by atoms with Crippen molar-refractivity contribution in [3.8, 4) is 33.4 Å². The molecule has 15 aromatic rings. The Morgan fingerprint density at radius 2 is 0.476 bits per heavy atom. The first kappa shape index (κ1) is 61.8. The van der Waals surface area contributed by atoms with Crippen molar-refractivity contribution >= 4 is 69.4 Å². The topological polar surface area (TPSA) is 6.48 Å². The van der Waals surface area contributed by atoms with Gasteiger partial charge < -0.3 is 9.80 Å². The Hall–Kier alpha value is -11.1. The lowest BCUT2D eigenvalue weighted by atomic mass is 9.67. The van der Waals surface area contributed by atoms with Crippen LogP contribution in [0.5, 0.6) is 0 Å². The molecule has 0 aliphatic heterocycles. The summed E-state index contributed by atoms with van der Waals surface area (Å²) in [5, 5.41) is 0. The van der Waals surface area contributed by atoms with Gasteiger partial charge in [-0.1, -0.05) is 242 Å². The molecule has 0 amide bonds. The van der Waals surface area contributed by atoms with Crippen LogP contribution in [0.2, 0.25) is 0 Å². The number of aryl methyl sites for hydroxylation is 6. The van der Waals surface area contributed by atoms with Crippen LogP contribution in [0.15, 0.2) is 381 Å². The molecule has 1 atom stereocenters. The van der Waals surface area contributed by atoms with Crippen LogP contribution in [0, 0.1) is 0 Å². The molecule has 0 heterocycles. The number of nitrogens with zero attached hydrogens (tertiary/aromatic N) is 2. The zero-order valence-corrected chi connectivity index (χ0v) is 59.3. The van der Waals surface area contributed by atoms with E-state index < -0.39 is 10.8 Å². The highest BCUT2D eigenvalue weighted by molar-refractivity contribution is 7.99. The molecule has 20 rings (SSSR count). The number of hydrogen-bond donors (Lipinski definition) is 0. The Morgan fingerprint density at radius 1 is 0.194 bits per heavy atom. The van der Waals surface area contributed by atoms with Crippen molar-refractivity contribution in [3.05, 3.63) is 430 Å². The van der Waals surface area contributed by atoms with Gasteiger partial charge in [0.25, 0.3) is 0 Å². The minimum absolute atomic E-state index is 0.571. The quantitative estimate of drug-likeness (QED) is 0.0894. The third-order valence-corrected chi connectivity index (χ3v) is 25.5. The van der Waals surface area contributed by atoms with E-state index in [0.29, 0.717) is 0 Å². The fraction of sp³-hybridized carbons (Fsp3) is 0.0816. The highest BCUT2D eigenvalue weighted by atomic mass is 32.2. The predicted molar refractivity (Wildman–Crippen MR) is 430 cm³/mol. The van der Waals surface area contributed by atoms with Gasteiger partial charge in [0.1, 0.15) is 0 Å². The highest BCUT2D eigenvalue weighted by Gasteiger charge is 2.48. The second-order valence-corrected chi connectivity index (χ2v) is 31.5. The van der Waals surface area contributed by atoms with E-state index in [9.17, 15) is 0 Å². The number of benzene rings is 15. The highest BCUT2D eigenvalue weighted by Crippen LogP contribution is 2.60. The largest absolute Gasteiger partial charge is 0.310 e. The maximum Gasteiger partial charge on any atom is 0.0714 e. The van der Waals surface area contributed by atoms with Crippen LogP contribution < -0.4 is 9.80 Å². The lowest BCUT2D eigenvalue weighted by Gasteiger charge is -2.35. The summed E-state index contributed by atoms with van der Waals surface area (Å²) in [5.41, 5.74) is 31.8. The van der Waals surface area contributed by atoms with Crippen molar-refractivity contribution in [3.63, 3.8) is 0 Å². The molecule has 0 aromatic heterocycles. The molecule has 5 aliphatic rings. The monoisotopic (exact) mass is 1370 g/mol. The van der Waals surface area contributed by atoms with Gasteiger partial charge in [-0.2, -0.15) is 0 Å². The van der Waals surface area contributed by atoms with Crippen LogP contribution in [-0.4, -0.2) is 0 Å². The minimum atomic E-state index is -0.622. The SMILES string of the molecule is c1ccc(N(c2ccc(-c3ccc(N(c4ccccc4)c4ccc5c(c4)C(c4ccc(Sc6ccc7c(c6)CC7)cc4)(c4ccc(Sc6ccc7c(c6)CC7)cc4)c4ccccc4-5)cc3)cc2)c2ccc3c(c2)C(c2ccccc2)(c2ccc(Sc4ccc5c(c4)CC5)cc2)c2ccccc2-3)cc1. The molecule has 15 aromatic carbocycles. The number of para-hydroxylation sites is 2. The Kier molecular flexibility index (Phi) is 15.3. The Labute approximate surface area is 616 Å². The van der Waals surface area contributed by atoms with Gasteiger partial charge in [-0.05, 0) is 295 Å². The number of rotatable bonds is 17. The second-order valence-electron chi connectivity index (χ2n) is 28.0. The molecule has 490 valence electrons. The average Bonchev–Trinajstić information content (AvgIpc) is 1.56. The van der Waals surface area contributed by atoms with Gasteiger partial charge in [-0.3, -0.25) is 0 Å². The van der Waals surface area contributed by atoms with Crippen molar-refractivity contribution in [2.75, 3.05) is 9.80 Å². The lowest BCUT2D eigenvalue weighted by molar-refractivity contribution is 0.766. The molecule has 2 nitrogen and oxygen atoms in total. The zero-order chi connectivity index (χ0) is 68.0. The summed E-state index contributed by atoms with van der Waals surface area (Å²) < 4.78 is 0. The van der Waals surface area contributed by atoms with Gasteiger partial charge in [-0.15, -0.1) is 0 Å². The van der Waals surface area contributed by atoms with E-state index in [0.717, 1.165) is 45.3 Å². The molecule has 0 spiro atoms. The molecule has 5 heteroatoms. The summed E-state index contributed by atoms with van der Waals surface area (Å²) in [6.45, 7) is 0. The van der Waals surface area contributed by atoms with E-state index in [2.05, 4.69) is 362 Å². The molecule has 1 unspecified atom stereocenters. The van der Waals surface area contributed by atoms with Crippen molar-refractivity contribution in [2.24, 2.45) is 0 Å². The van der Waals surface area contributed by atoms with Crippen molar-refractivity contribution in [2.45, 2.75) is 78.7 Å². The molecule has 0 fully saturated rings. The van der Waals surface area contributed by atoms with E-state index in [-0.39, 0.29) is 0 Å². The molecule has 103 heavy (non-hydrogen) atoms. The van der Waals surface area contributed by atoms with Gasteiger partial charge in [0.15, 0.2) is 0 Å². The van der Waals surface area contributed by atoms with E-state index in [1.807, 2.05) is 35.3 Å². The summed E-state index contributed by atoms with van der Waals surface area (Å²) in [6.07, 6.45) is 7.10. The maximum absolute atomic E-state index is 2.50. The Bertz CT molecular complexity index is 5660. The summed E-state index contributed by atoms with van der Waals surface area (Å²) in [7, 11) is 0. The molecule has 0 saturated heterocycles. The number of anilines is 6. The van der Waals surface area contributed by atoms with E-state index >= 15 is 0 Å². The summed E-state index contributed by atoms with van der Waals surface area (Å²) >= 11 is 5.58. The average molecular weight is 1370 g/mol. The third-order valence-electron chi connectivity index (χ3n) is 22.5. The molecule has 0 bridgehead atoms. The van der Waals surface area contributed by atoms with Gasteiger partial charge in [0, 0.05) is 63.5 Å². The molecular formula is C98H70N2S3. The number of hydrogen-bond acceptors (Lipinski definition) is 5. The normalized spacial score (nSPS) is 15.0. The van der Waals surface area contributed by atoms with Crippen LogP contribution >= 0.6 is 35.3 Å². The predicted octanol–water partition coefficient (Wildman–Crippen LogP) is 25.8. The smallest absolute Gasteiger partial charge is 0.0714 e. The standard InChI is InChI=1S/C98H70N2S3/c1-4-14-73(15-5-1)97(74-37-52-83(53-38-74)101-86-49-34-67-24-27-70(67)60-86)93-22-12-10-20-89(93)91-58-47-81(63-95(91)97)99(77-16-6-2-7-17-77)79-43-30-65(31-44-79)66-32-45-80(46-33-66)100(78-18-8-3-9-19-78)82-48-59-92-90-21-11-13-23-94(90)98(96(92)64-82,75-39-54-84(55-40-75)102-87-50-35-68-25-28-71(68)61-87)76-41-56-85(57-42-76)103-88-51-36-69-26-29-72(69)62-88/h1-23,30-64H,24-29H2. The van der Waals surface area contributed by atoms with Gasteiger partial charge in [0.05, 0.1) is 10.8 Å². The van der Waals surface area contributed by atoms with Crippen LogP contribution in [0.4, 0.5) is 34.1 Å². The minimum Gasteiger partial charge on any atom is -0.310 e. The van der Waals surface area contributed by atoms with E-state index in [1.54, 1.807) is 0 Å². The maximum atomic E-state index is 2.50. The van der Waals surface area contributed by atoms with Crippen LogP contribution in [0.3, 0.4) is 0 Å². The van der Waals surface area contributed by atoms with E-state index in [1.165, 1.54) is 168 Å². The van der Waals surface area contributed by atoms with Crippen molar-refractivity contribution in [1.82, 2.24) is 0 Å². The van der Waals surface area contributed by atoms with Crippen LogP contribution in [-0.2, 0) is 49.4 Å². The second kappa shape index (κ2) is 25.5. The molecule has 0 N–H and O–H groups in total. The first-order valence-corrected chi connectivity index (χ1v) is 38.6. The molecule has 0 saturated carbocycles. The fourth-order valence-corrected chi connectivity index (χ4v) is 19.8.